The highest BCUT2D eigenvalue weighted by atomic mass is 19.4. The second-order valence-electron chi connectivity index (χ2n) is 7.60. The Balaban J connectivity index is 1.42. The van der Waals surface area contributed by atoms with Gasteiger partial charge in [0.15, 0.2) is 5.82 Å². The van der Waals surface area contributed by atoms with Gasteiger partial charge in [-0.05, 0) is 75.4 Å². The predicted molar refractivity (Wildman–Crippen MR) is 121 cm³/mol. The molecule has 1 amide bonds. The fraction of sp³-hybridized carbons (Fsp3) is 0.167. The zero-order chi connectivity index (χ0) is 25.2. The van der Waals surface area contributed by atoms with E-state index in [0.29, 0.717) is 29.0 Å². The molecule has 0 aliphatic heterocycles. The van der Waals surface area contributed by atoms with E-state index in [1.165, 1.54) is 12.1 Å². The average molecular weight is 483 g/mol. The lowest BCUT2D eigenvalue weighted by Gasteiger charge is -2.11. The number of alkyl halides is 3. The number of nitrogens with zero attached hydrogens (tertiary/aromatic N) is 4. The van der Waals surface area contributed by atoms with Gasteiger partial charge in [0.25, 0.3) is 5.91 Å². The van der Waals surface area contributed by atoms with Crippen molar-refractivity contribution >= 4 is 11.6 Å². The van der Waals surface area contributed by atoms with E-state index in [1.54, 1.807) is 41.9 Å². The summed E-state index contributed by atoms with van der Waals surface area (Å²) in [6, 6.07) is 14.8. The molecule has 4 aromatic rings. The quantitative estimate of drug-likeness (QED) is 0.388. The number of nitrogens with one attached hydrogen (secondary N) is 1. The topological polar surface area (TPSA) is 91.2 Å². The molecule has 0 saturated heterocycles. The second-order valence-corrected chi connectivity index (χ2v) is 7.60. The number of hydrogen-bond donors (Lipinski definition) is 1. The summed E-state index contributed by atoms with van der Waals surface area (Å²) in [5.41, 5.74) is 2.44. The first-order valence-corrected chi connectivity index (χ1v) is 10.4. The van der Waals surface area contributed by atoms with Crippen molar-refractivity contribution in [2.45, 2.75) is 27.1 Å². The summed E-state index contributed by atoms with van der Waals surface area (Å²) in [5.74, 6) is 1.01. The molecule has 0 unspecified atom stereocenters. The molecular weight excluding hydrogens is 463 g/mol. The van der Waals surface area contributed by atoms with Gasteiger partial charge in [-0.25, -0.2) is 9.67 Å². The van der Waals surface area contributed by atoms with E-state index in [9.17, 15) is 18.0 Å². The molecule has 35 heavy (non-hydrogen) atoms. The highest BCUT2D eigenvalue weighted by molar-refractivity contribution is 6.04. The van der Waals surface area contributed by atoms with Gasteiger partial charge in [0.05, 0.1) is 5.69 Å². The van der Waals surface area contributed by atoms with Crippen LogP contribution in [0, 0.1) is 20.8 Å². The van der Waals surface area contributed by atoms with Crippen LogP contribution < -0.4 is 14.8 Å². The summed E-state index contributed by atoms with van der Waals surface area (Å²) >= 11 is 0. The van der Waals surface area contributed by atoms with Crippen LogP contribution in [0.15, 0.2) is 60.7 Å². The number of halogens is 3. The number of aryl methyl sites for hydroxylation is 3. The van der Waals surface area contributed by atoms with E-state index in [1.807, 2.05) is 19.9 Å². The summed E-state index contributed by atoms with van der Waals surface area (Å²) in [6.07, 6.45) is -4.79. The largest absolute Gasteiger partial charge is 0.573 e. The first kappa shape index (κ1) is 23.7. The van der Waals surface area contributed by atoms with E-state index in [2.05, 4.69) is 25.1 Å². The van der Waals surface area contributed by atoms with Crippen molar-refractivity contribution in [2.75, 3.05) is 5.32 Å². The standard InChI is InChI=1S/C24H20F3N5O3/c1-14-12-15(2)32(31-14)21-13-22(29-16(3)28-21)34-19-10-6-18(7-11-19)30-23(33)17-4-8-20(9-5-17)35-24(25,26)27/h4-13H,1-3H3,(H,30,33). The molecule has 0 radical (unpaired) electrons. The van der Waals surface area contributed by atoms with E-state index in [0.717, 1.165) is 23.5 Å². The Morgan fingerprint density at radius 1 is 0.914 bits per heavy atom. The van der Waals surface area contributed by atoms with Crippen LogP contribution in [-0.4, -0.2) is 32.0 Å². The highest BCUT2D eigenvalue weighted by Gasteiger charge is 2.31. The molecule has 180 valence electrons. The molecule has 0 aliphatic rings. The minimum absolute atomic E-state index is 0.174. The fourth-order valence-electron chi connectivity index (χ4n) is 3.29. The van der Waals surface area contributed by atoms with Crippen LogP contribution in [-0.2, 0) is 0 Å². The van der Waals surface area contributed by atoms with E-state index in [4.69, 9.17) is 4.74 Å². The second kappa shape index (κ2) is 9.45. The van der Waals surface area contributed by atoms with Crippen LogP contribution >= 0.6 is 0 Å². The van der Waals surface area contributed by atoms with Crippen LogP contribution in [0.3, 0.4) is 0 Å². The van der Waals surface area contributed by atoms with E-state index >= 15 is 0 Å². The minimum atomic E-state index is -4.79. The molecule has 0 spiro atoms. The summed E-state index contributed by atoms with van der Waals surface area (Å²) in [7, 11) is 0. The van der Waals surface area contributed by atoms with Gasteiger partial charge in [0.1, 0.15) is 17.3 Å². The van der Waals surface area contributed by atoms with Crippen molar-refractivity contribution < 1.29 is 27.4 Å². The number of anilines is 1. The lowest BCUT2D eigenvalue weighted by atomic mass is 10.2. The van der Waals surface area contributed by atoms with Crippen molar-refractivity contribution in [2.24, 2.45) is 0 Å². The molecule has 8 nitrogen and oxygen atoms in total. The average Bonchev–Trinajstić information content (AvgIpc) is 3.12. The molecular formula is C24H20F3N5O3. The summed E-state index contributed by atoms with van der Waals surface area (Å²) in [5, 5.41) is 7.10. The van der Waals surface area contributed by atoms with Crippen LogP contribution in [0.5, 0.6) is 17.4 Å². The number of aromatic nitrogens is 4. The third-order valence-corrected chi connectivity index (χ3v) is 4.71. The Morgan fingerprint density at radius 2 is 1.57 bits per heavy atom. The van der Waals surface area contributed by atoms with Gasteiger partial charge < -0.3 is 14.8 Å². The number of hydrogen-bond acceptors (Lipinski definition) is 6. The molecule has 2 aromatic carbocycles. The van der Waals surface area contributed by atoms with E-state index < -0.39 is 18.0 Å². The first-order valence-electron chi connectivity index (χ1n) is 10.4. The van der Waals surface area contributed by atoms with Gasteiger partial charge in [-0.15, -0.1) is 13.2 Å². The smallest absolute Gasteiger partial charge is 0.439 e. The van der Waals surface area contributed by atoms with Crippen LogP contribution in [0.25, 0.3) is 5.82 Å². The maximum Gasteiger partial charge on any atom is 0.573 e. The molecule has 0 saturated carbocycles. The zero-order valence-electron chi connectivity index (χ0n) is 18.9. The maximum atomic E-state index is 12.4. The first-order chi connectivity index (χ1) is 16.6. The third kappa shape index (κ3) is 6.14. The van der Waals surface area contributed by atoms with Crippen LogP contribution in [0.1, 0.15) is 27.6 Å². The Labute approximate surface area is 198 Å². The zero-order valence-corrected chi connectivity index (χ0v) is 18.9. The molecule has 4 rings (SSSR count). The number of carbonyl (C=O) groups is 1. The van der Waals surface area contributed by atoms with Crippen molar-refractivity contribution in [3.8, 4) is 23.2 Å². The number of ether oxygens (including phenoxy) is 2. The van der Waals surface area contributed by atoms with Gasteiger partial charge in [-0.2, -0.15) is 10.1 Å². The van der Waals surface area contributed by atoms with Gasteiger partial charge in [-0.1, -0.05) is 0 Å². The lowest BCUT2D eigenvalue weighted by Crippen LogP contribution is -2.17. The summed E-state index contributed by atoms with van der Waals surface area (Å²) in [4.78, 5) is 21.1. The molecule has 1 N–H and O–H groups in total. The van der Waals surface area contributed by atoms with Crippen molar-refractivity contribution in [1.82, 2.24) is 19.7 Å². The van der Waals surface area contributed by atoms with Crippen LogP contribution in [0.2, 0.25) is 0 Å². The monoisotopic (exact) mass is 483 g/mol. The predicted octanol–water partition coefficient (Wildman–Crippen LogP) is 5.53. The maximum absolute atomic E-state index is 12.4. The Morgan fingerprint density at radius 3 is 2.17 bits per heavy atom. The Bertz CT molecular complexity index is 1350. The molecule has 2 aromatic heterocycles. The van der Waals surface area contributed by atoms with Crippen molar-refractivity contribution in [3.63, 3.8) is 0 Å². The van der Waals surface area contributed by atoms with Crippen LogP contribution in [0.4, 0.5) is 18.9 Å². The number of amides is 1. The Kier molecular flexibility index (Phi) is 6.41. The van der Waals surface area contributed by atoms with E-state index in [-0.39, 0.29) is 5.56 Å². The van der Waals surface area contributed by atoms with Crippen molar-refractivity contribution in [3.05, 3.63) is 83.4 Å². The molecule has 0 atom stereocenters. The molecule has 2 heterocycles. The minimum Gasteiger partial charge on any atom is -0.439 e. The van der Waals surface area contributed by atoms with Crippen molar-refractivity contribution in [1.29, 1.82) is 0 Å². The molecule has 0 bridgehead atoms. The third-order valence-electron chi connectivity index (χ3n) is 4.71. The SMILES string of the molecule is Cc1cc(C)n(-c2cc(Oc3ccc(NC(=O)c4ccc(OC(F)(F)F)cc4)cc3)nc(C)n2)n1. The normalized spacial score (nSPS) is 11.3. The summed E-state index contributed by atoms with van der Waals surface area (Å²) < 4.78 is 48.2. The highest BCUT2D eigenvalue weighted by Crippen LogP contribution is 2.25. The molecule has 11 heteroatoms. The fourth-order valence-corrected chi connectivity index (χ4v) is 3.29. The van der Waals surface area contributed by atoms with Gasteiger partial charge in [0, 0.05) is 23.0 Å². The number of carbonyl (C=O) groups excluding carboxylic acids is 1. The molecule has 0 aliphatic carbocycles. The number of benzene rings is 2. The Hall–Kier alpha value is -4.41. The molecule has 0 fully saturated rings. The summed E-state index contributed by atoms with van der Waals surface area (Å²) in [6.45, 7) is 5.57. The van der Waals surface area contributed by atoms with Gasteiger partial charge in [0.2, 0.25) is 5.88 Å². The van der Waals surface area contributed by atoms with Gasteiger partial charge in [-0.3, -0.25) is 4.79 Å². The van der Waals surface area contributed by atoms with Gasteiger partial charge >= 0.3 is 6.36 Å². The lowest BCUT2D eigenvalue weighted by molar-refractivity contribution is -0.274. The number of rotatable bonds is 6.